The van der Waals surface area contributed by atoms with Crippen molar-refractivity contribution in [3.8, 4) is 0 Å². The van der Waals surface area contributed by atoms with E-state index in [4.69, 9.17) is 13.0 Å². The number of hydrogen-bond acceptors (Lipinski definition) is 1. The van der Waals surface area contributed by atoms with Crippen LogP contribution in [0, 0.1) is 5.89 Å². The van der Waals surface area contributed by atoms with Crippen molar-refractivity contribution in [2.45, 2.75) is 13.8 Å². The highest BCUT2D eigenvalue weighted by atomic mass is 35.5. The molecule has 0 N–H and O–H groups in total. The summed E-state index contributed by atoms with van der Waals surface area (Å²) in [5, 5.41) is -0.618. The highest BCUT2D eigenvalue weighted by Gasteiger charge is 1.98. The van der Waals surface area contributed by atoms with Gasteiger partial charge in [-0.05, 0) is 11.6 Å². The van der Waals surface area contributed by atoms with Gasteiger partial charge in [-0.1, -0.05) is 13.8 Å². The van der Waals surface area contributed by atoms with E-state index in [-0.39, 0.29) is 0 Å². The van der Waals surface area contributed by atoms with Crippen LogP contribution in [0.2, 0.25) is 0 Å². The molecule has 0 aromatic rings. The first kappa shape index (κ1) is 4.13. The summed E-state index contributed by atoms with van der Waals surface area (Å²) in [6, 6.07) is 0. The van der Waals surface area contributed by atoms with E-state index in [9.17, 15) is 4.79 Å². The molecule has 0 atom stereocenters. The number of rotatable bonds is 1. The first-order valence-corrected chi connectivity index (χ1v) is 2.02. The van der Waals surface area contributed by atoms with Gasteiger partial charge in [0.05, 0.1) is 0 Å². The first-order chi connectivity index (χ1) is 2.94. The van der Waals surface area contributed by atoms with Crippen molar-refractivity contribution in [3.63, 3.8) is 0 Å². The van der Waals surface area contributed by atoms with Crippen LogP contribution in [0.1, 0.15) is 15.2 Å². The van der Waals surface area contributed by atoms with Crippen molar-refractivity contribution >= 4 is 16.8 Å². The Morgan fingerprint density at radius 2 is 2.17 bits per heavy atom. The molecule has 0 saturated carbocycles. The van der Waals surface area contributed by atoms with Crippen LogP contribution in [0.25, 0.3) is 0 Å². The number of halogens is 1. The largest absolute Gasteiger partial charge is 0.281 e. The Balaban J connectivity index is 3.79. The summed E-state index contributed by atoms with van der Waals surface area (Å²) in [5.74, 6) is -1.12. The van der Waals surface area contributed by atoms with Gasteiger partial charge in [0.15, 0.2) is 0 Å². The molecular weight excluding hydrogens is 99.5 g/mol. The summed E-state index contributed by atoms with van der Waals surface area (Å²) >= 11 is 4.93. The molecule has 0 spiro atoms. The van der Waals surface area contributed by atoms with Gasteiger partial charge in [-0.3, -0.25) is 4.79 Å². The Hall–Kier alpha value is -0.0400. The van der Waals surface area contributed by atoms with Gasteiger partial charge in [-0.2, -0.15) is 0 Å². The zero-order valence-electron chi connectivity index (χ0n) is 4.79. The second kappa shape index (κ2) is 2.19. The van der Waals surface area contributed by atoms with Crippen LogP contribution < -0.4 is 0 Å². The van der Waals surface area contributed by atoms with Crippen LogP contribution in [-0.4, -0.2) is 5.24 Å². The van der Waals surface area contributed by atoms with Gasteiger partial charge >= 0.3 is 0 Å². The van der Waals surface area contributed by atoms with Gasteiger partial charge in [0.25, 0.3) is 0 Å². The van der Waals surface area contributed by atoms with Gasteiger partial charge in [-0.15, -0.1) is 0 Å². The second-order valence-corrected chi connectivity index (χ2v) is 1.62. The average molecular weight is 108 g/mol. The molecular formula is C4H7ClO. The zero-order chi connectivity index (χ0) is 6.08. The maximum atomic E-state index is 10.0. The fourth-order valence-electron chi connectivity index (χ4n) is 0. The van der Waals surface area contributed by atoms with Crippen molar-refractivity contribution in [1.29, 1.82) is 0 Å². The van der Waals surface area contributed by atoms with Crippen LogP contribution in [-0.2, 0) is 4.79 Å². The Morgan fingerprint density at radius 3 is 2.17 bits per heavy atom. The van der Waals surface area contributed by atoms with Crippen LogP contribution in [0.3, 0.4) is 0 Å². The fourth-order valence-corrected chi connectivity index (χ4v) is 0. The standard InChI is InChI=1S/C4H7ClO/c1-3(2)4(5)6/h3H,1-2H3/i3D. The monoisotopic (exact) mass is 107 g/mol. The van der Waals surface area contributed by atoms with E-state index in [1.165, 1.54) is 13.8 Å². The normalized spacial score (nSPS) is 13.5. The molecule has 0 saturated heterocycles. The van der Waals surface area contributed by atoms with Crippen molar-refractivity contribution in [2.24, 2.45) is 5.89 Å². The molecule has 0 aliphatic carbocycles. The van der Waals surface area contributed by atoms with E-state index < -0.39 is 11.1 Å². The topological polar surface area (TPSA) is 17.1 Å². The first-order valence-electron chi connectivity index (χ1n) is 2.14. The smallest absolute Gasteiger partial charge is 0.224 e. The highest BCUT2D eigenvalue weighted by Crippen LogP contribution is 1.95. The highest BCUT2D eigenvalue weighted by molar-refractivity contribution is 6.63. The molecule has 0 aliphatic rings. The molecule has 0 aromatic carbocycles. The lowest BCUT2D eigenvalue weighted by Crippen LogP contribution is -1.95. The van der Waals surface area contributed by atoms with Crippen LogP contribution in [0.5, 0.6) is 0 Å². The molecule has 0 bridgehead atoms. The Labute approximate surface area is 43.7 Å². The van der Waals surface area contributed by atoms with E-state index in [1.807, 2.05) is 0 Å². The van der Waals surface area contributed by atoms with Gasteiger partial charge in [0.2, 0.25) is 5.24 Å². The third kappa shape index (κ3) is 2.21. The van der Waals surface area contributed by atoms with Crippen LogP contribution >= 0.6 is 11.6 Å². The molecule has 0 aliphatic heterocycles. The van der Waals surface area contributed by atoms with E-state index in [1.54, 1.807) is 0 Å². The molecule has 0 rings (SSSR count). The van der Waals surface area contributed by atoms with Crippen molar-refractivity contribution in [3.05, 3.63) is 0 Å². The molecule has 0 heterocycles. The van der Waals surface area contributed by atoms with Crippen molar-refractivity contribution in [1.82, 2.24) is 0 Å². The zero-order valence-corrected chi connectivity index (χ0v) is 4.54. The molecule has 0 aromatic heterocycles. The summed E-state index contributed by atoms with van der Waals surface area (Å²) < 4.78 is 6.91. The number of carbonyl (C=O) groups is 1. The van der Waals surface area contributed by atoms with Crippen LogP contribution in [0.15, 0.2) is 0 Å². The predicted molar refractivity (Wildman–Crippen MR) is 25.7 cm³/mol. The van der Waals surface area contributed by atoms with Gasteiger partial charge in [0.1, 0.15) is 0 Å². The Kier molecular flexibility index (Phi) is 1.51. The van der Waals surface area contributed by atoms with E-state index in [0.717, 1.165) is 0 Å². The molecule has 6 heavy (non-hydrogen) atoms. The Bertz CT molecular complexity index is 84.2. The molecule has 1 nitrogen and oxygen atoms in total. The minimum Gasteiger partial charge on any atom is -0.281 e. The molecule has 36 valence electrons. The third-order valence-electron chi connectivity index (χ3n) is 0.393. The van der Waals surface area contributed by atoms with Crippen LogP contribution in [0.4, 0.5) is 0 Å². The minimum absolute atomic E-state index is 0.618. The fraction of sp³-hybridized carbons (Fsp3) is 0.750. The summed E-state index contributed by atoms with van der Waals surface area (Å²) in [6.45, 7) is 2.89. The molecule has 2 heteroatoms. The summed E-state index contributed by atoms with van der Waals surface area (Å²) in [6.07, 6.45) is 0. The third-order valence-corrected chi connectivity index (χ3v) is 0.771. The molecule has 0 amide bonds. The maximum Gasteiger partial charge on any atom is 0.224 e. The molecule has 0 fully saturated rings. The molecule has 0 unspecified atom stereocenters. The summed E-state index contributed by atoms with van der Waals surface area (Å²) in [7, 11) is 0. The molecule has 0 radical (unpaired) electrons. The quantitative estimate of drug-likeness (QED) is 0.463. The Morgan fingerprint density at radius 1 is 2.00 bits per heavy atom. The predicted octanol–water partition coefficient (Wildman–Crippen LogP) is 1.41. The van der Waals surface area contributed by atoms with Gasteiger partial charge in [0, 0.05) is 7.26 Å². The minimum atomic E-state index is -1.12. The average Bonchev–Trinajstić information content (AvgIpc) is 1.31. The lowest BCUT2D eigenvalue weighted by atomic mass is 10.3. The summed E-state index contributed by atoms with van der Waals surface area (Å²) in [4.78, 5) is 10.0. The number of carbonyl (C=O) groups excluding carboxylic acids is 1. The lowest BCUT2D eigenvalue weighted by molar-refractivity contribution is -0.114. The van der Waals surface area contributed by atoms with Gasteiger partial charge in [-0.25, -0.2) is 0 Å². The maximum absolute atomic E-state index is 10.0. The van der Waals surface area contributed by atoms with E-state index >= 15 is 0 Å². The SMILES string of the molecule is [2H]C(C)(C)C(=O)Cl. The van der Waals surface area contributed by atoms with E-state index in [2.05, 4.69) is 0 Å². The number of hydrogen-bond donors (Lipinski definition) is 0. The lowest BCUT2D eigenvalue weighted by Gasteiger charge is -1.88. The second-order valence-electron chi connectivity index (χ2n) is 1.27. The summed E-state index contributed by atoms with van der Waals surface area (Å²) in [5.41, 5.74) is 0. The van der Waals surface area contributed by atoms with E-state index in [0.29, 0.717) is 0 Å². The van der Waals surface area contributed by atoms with Gasteiger partial charge < -0.3 is 0 Å². The van der Waals surface area contributed by atoms with Crippen molar-refractivity contribution < 1.29 is 6.17 Å². The van der Waals surface area contributed by atoms with Crippen molar-refractivity contribution in [2.75, 3.05) is 0 Å².